The highest BCUT2D eigenvalue weighted by Crippen LogP contribution is 2.07. The lowest BCUT2D eigenvalue weighted by Crippen LogP contribution is -2.14. The van der Waals surface area contributed by atoms with Gasteiger partial charge in [-0.1, -0.05) is 0 Å². The molecule has 0 aliphatic heterocycles. The fourth-order valence-electron chi connectivity index (χ4n) is 1.46. The number of hydrogen-bond donors (Lipinski definition) is 2. The monoisotopic (exact) mass is 263 g/mol. The first kappa shape index (κ1) is 12.7. The highest BCUT2D eigenvalue weighted by Gasteiger charge is 2.03. The number of aromatic carboxylic acids is 1. The summed E-state index contributed by atoms with van der Waals surface area (Å²) in [7, 11) is 0. The van der Waals surface area contributed by atoms with Crippen molar-refractivity contribution >= 4 is 17.3 Å². The van der Waals surface area contributed by atoms with Crippen LogP contribution in [0.25, 0.3) is 0 Å². The van der Waals surface area contributed by atoms with Gasteiger partial charge in [0.25, 0.3) is 0 Å². The molecule has 0 radical (unpaired) electrons. The Morgan fingerprint density at radius 2 is 2.17 bits per heavy atom. The first-order chi connectivity index (χ1) is 8.65. The van der Waals surface area contributed by atoms with Gasteiger partial charge in [0, 0.05) is 24.7 Å². The first-order valence-corrected chi connectivity index (χ1v) is 6.33. The maximum Gasteiger partial charge on any atom is 0.337 e. The van der Waals surface area contributed by atoms with Crippen molar-refractivity contribution in [2.75, 3.05) is 0 Å². The number of pyridine rings is 1. The van der Waals surface area contributed by atoms with Crippen molar-refractivity contribution in [1.82, 2.24) is 15.3 Å². The van der Waals surface area contributed by atoms with Crippen molar-refractivity contribution in [3.05, 3.63) is 45.7 Å². The number of carboxylic acid groups (broad SMARTS) is 1. The minimum atomic E-state index is -0.958. The van der Waals surface area contributed by atoms with E-state index in [9.17, 15) is 4.79 Å². The summed E-state index contributed by atoms with van der Waals surface area (Å²) in [5.74, 6) is -0.958. The van der Waals surface area contributed by atoms with E-state index in [1.165, 1.54) is 6.20 Å². The number of aryl methyl sites for hydroxylation is 1. The molecule has 0 unspecified atom stereocenters. The van der Waals surface area contributed by atoms with Crippen molar-refractivity contribution in [2.24, 2.45) is 0 Å². The minimum Gasteiger partial charge on any atom is -0.478 e. The molecule has 2 aromatic heterocycles. The van der Waals surface area contributed by atoms with Crippen LogP contribution in [0.3, 0.4) is 0 Å². The van der Waals surface area contributed by atoms with Gasteiger partial charge in [-0.2, -0.15) is 0 Å². The summed E-state index contributed by atoms with van der Waals surface area (Å²) >= 11 is 1.62. The second kappa shape index (κ2) is 5.70. The van der Waals surface area contributed by atoms with Gasteiger partial charge in [0.15, 0.2) is 0 Å². The van der Waals surface area contributed by atoms with Crippen LogP contribution in [0, 0.1) is 6.92 Å². The lowest BCUT2D eigenvalue weighted by Gasteiger charge is -2.02. The van der Waals surface area contributed by atoms with Crippen LogP contribution in [-0.2, 0) is 13.1 Å². The predicted molar refractivity (Wildman–Crippen MR) is 68.6 cm³/mol. The zero-order chi connectivity index (χ0) is 13.0. The van der Waals surface area contributed by atoms with E-state index in [1.807, 2.05) is 12.3 Å². The predicted octanol–water partition coefficient (Wildman–Crippen LogP) is 1.83. The lowest BCUT2D eigenvalue weighted by molar-refractivity contribution is 0.0696. The van der Waals surface area contributed by atoms with Gasteiger partial charge in [0.2, 0.25) is 0 Å². The van der Waals surface area contributed by atoms with Crippen molar-refractivity contribution < 1.29 is 9.90 Å². The van der Waals surface area contributed by atoms with Crippen molar-refractivity contribution in [3.63, 3.8) is 0 Å². The molecule has 0 aliphatic carbocycles. The van der Waals surface area contributed by atoms with Crippen LogP contribution in [0.5, 0.6) is 0 Å². The molecule has 0 spiro atoms. The van der Waals surface area contributed by atoms with Crippen LogP contribution in [-0.4, -0.2) is 21.0 Å². The summed E-state index contributed by atoms with van der Waals surface area (Å²) in [6.07, 6.45) is 1.37. The zero-order valence-electron chi connectivity index (χ0n) is 9.88. The van der Waals surface area contributed by atoms with Crippen LogP contribution < -0.4 is 5.32 Å². The summed E-state index contributed by atoms with van der Waals surface area (Å²) in [6, 6.07) is 3.27. The number of nitrogens with one attached hydrogen (secondary N) is 1. The lowest BCUT2D eigenvalue weighted by atomic mass is 10.2. The minimum absolute atomic E-state index is 0.203. The molecule has 0 saturated carbocycles. The quantitative estimate of drug-likeness (QED) is 0.860. The first-order valence-electron chi connectivity index (χ1n) is 5.45. The van der Waals surface area contributed by atoms with Gasteiger partial charge in [-0.3, -0.25) is 4.98 Å². The second-order valence-corrected chi connectivity index (χ2v) is 4.87. The molecule has 0 saturated heterocycles. The van der Waals surface area contributed by atoms with Crippen LogP contribution in [0.15, 0.2) is 23.7 Å². The summed E-state index contributed by atoms with van der Waals surface area (Å²) in [5.41, 5.74) is 2.03. The maximum atomic E-state index is 10.7. The fraction of sp³-hybridized carbons (Fsp3) is 0.250. The van der Waals surface area contributed by atoms with E-state index in [0.717, 1.165) is 16.4 Å². The van der Waals surface area contributed by atoms with Crippen molar-refractivity contribution in [1.29, 1.82) is 0 Å². The zero-order valence-corrected chi connectivity index (χ0v) is 10.7. The molecule has 0 fully saturated rings. The summed E-state index contributed by atoms with van der Waals surface area (Å²) < 4.78 is 0. The molecule has 0 amide bonds. The van der Waals surface area contributed by atoms with E-state index in [1.54, 1.807) is 23.5 Å². The molecule has 2 rings (SSSR count). The van der Waals surface area contributed by atoms with Crippen LogP contribution in [0.2, 0.25) is 0 Å². The Kier molecular flexibility index (Phi) is 4.01. The molecular formula is C12H13N3O2S. The van der Waals surface area contributed by atoms with Gasteiger partial charge in [0.05, 0.1) is 22.0 Å². The summed E-state index contributed by atoms with van der Waals surface area (Å²) in [4.78, 5) is 19.1. The topological polar surface area (TPSA) is 75.1 Å². The number of aromatic nitrogens is 2. The van der Waals surface area contributed by atoms with Crippen molar-refractivity contribution in [2.45, 2.75) is 20.0 Å². The Labute approximate surface area is 109 Å². The molecule has 0 aromatic carbocycles. The van der Waals surface area contributed by atoms with Crippen LogP contribution >= 0.6 is 11.3 Å². The van der Waals surface area contributed by atoms with E-state index in [0.29, 0.717) is 13.1 Å². The third-order valence-electron chi connectivity index (χ3n) is 2.35. The van der Waals surface area contributed by atoms with E-state index < -0.39 is 5.97 Å². The summed E-state index contributed by atoms with van der Waals surface area (Å²) in [5, 5.41) is 15.0. The average molecular weight is 263 g/mol. The molecular weight excluding hydrogens is 250 g/mol. The highest BCUT2D eigenvalue weighted by molar-refractivity contribution is 7.09. The molecule has 5 nitrogen and oxygen atoms in total. The van der Waals surface area contributed by atoms with Gasteiger partial charge in [-0.15, -0.1) is 11.3 Å². The molecule has 2 heterocycles. The second-order valence-electron chi connectivity index (χ2n) is 3.80. The fourth-order valence-corrected chi connectivity index (χ4v) is 2.08. The third-order valence-corrected chi connectivity index (χ3v) is 3.17. The van der Waals surface area contributed by atoms with E-state index >= 15 is 0 Å². The molecule has 6 heteroatoms. The average Bonchev–Trinajstić information content (AvgIpc) is 2.76. The Hall–Kier alpha value is -1.79. The maximum absolute atomic E-state index is 10.7. The van der Waals surface area contributed by atoms with Gasteiger partial charge >= 0.3 is 5.97 Å². The summed E-state index contributed by atoms with van der Waals surface area (Å²) in [6.45, 7) is 3.25. The van der Waals surface area contributed by atoms with Crippen LogP contribution in [0.1, 0.15) is 26.8 Å². The number of hydrogen-bond acceptors (Lipinski definition) is 5. The van der Waals surface area contributed by atoms with E-state index in [4.69, 9.17) is 5.11 Å². The molecule has 2 aromatic rings. The van der Waals surface area contributed by atoms with Crippen LogP contribution in [0.4, 0.5) is 0 Å². The molecule has 0 bridgehead atoms. The molecule has 0 atom stereocenters. The Bertz CT molecular complexity index is 537. The van der Waals surface area contributed by atoms with Gasteiger partial charge in [-0.25, -0.2) is 9.78 Å². The number of thiazole rings is 1. The Morgan fingerprint density at radius 3 is 2.72 bits per heavy atom. The smallest absolute Gasteiger partial charge is 0.337 e. The number of rotatable bonds is 5. The molecule has 2 N–H and O–H groups in total. The molecule has 0 aliphatic rings. The molecule has 18 heavy (non-hydrogen) atoms. The Balaban J connectivity index is 1.85. The number of carbonyl (C=O) groups is 1. The largest absolute Gasteiger partial charge is 0.478 e. The van der Waals surface area contributed by atoms with Gasteiger partial charge in [0.1, 0.15) is 0 Å². The number of carboxylic acids is 1. The third kappa shape index (κ3) is 3.35. The normalized spacial score (nSPS) is 10.5. The standard InChI is InChI=1S/C12H13N3O2S/c1-8-15-11(7-18-8)6-13-5-10-3-2-9(4-14-10)12(16)17/h2-4,7,13H,5-6H2,1H3,(H,16,17). The van der Waals surface area contributed by atoms with Gasteiger partial charge < -0.3 is 10.4 Å². The van der Waals surface area contributed by atoms with Crippen molar-refractivity contribution in [3.8, 4) is 0 Å². The number of nitrogens with zero attached hydrogens (tertiary/aromatic N) is 2. The SMILES string of the molecule is Cc1nc(CNCc2ccc(C(=O)O)cn2)cs1. The van der Waals surface area contributed by atoms with E-state index in [-0.39, 0.29) is 5.56 Å². The van der Waals surface area contributed by atoms with E-state index in [2.05, 4.69) is 15.3 Å². The molecule has 94 valence electrons. The Morgan fingerprint density at radius 1 is 1.39 bits per heavy atom. The highest BCUT2D eigenvalue weighted by atomic mass is 32.1. The van der Waals surface area contributed by atoms with Gasteiger partial charge in [-0.05, 0) is 19.1 Å².